The van der Waals surface area contributed by atoms with Gasteiger partial charge in [-0.25, -0.2) is 13.1 Å². The standard InChI is InChI=1S/C11H16Cl2N2O2S.ClH/c1-2-6-14-7-8-15-18(16,17)11-9(12)4-3-5-10(11)13;/h3-5,14-15H,2,6-8H2,1H3;1H. The highest BCUT2D eigenvalue weighted by atomic mass is 35.5. The van der Waals surface area contributed by atoms with Crippen LogP contribution in [0.4, 0.5) is 0 Å². The first kappa shape index (κ1) is 19.0. The van der Waals surface area contributed by atoms with E-state index in [-0.39, 0.29) is 27.3 Å². The highest BCUT2D eigenvalue weighted by Crippen LogP contribution is 2.28. The summed E-state index contributed by atoms with van der Waals surface area (Å²) in [5.41, 5.74) is 0. The molecule has 0 bridgehead atoms. The second kappa shape index (κ2) is 9.00. The molecule has 0 aliphatic carbocycles. The molecule has 0 fully saturated rings. The summed E-state index contributed by atoms with van der Waals surface area (Å²) in [5.74, 6) is 0. The van der Waals surface area contributed by atoms with Crippen molar-refractivity contribution in [2.75, 3.05) is 19.6 Å². The van der Waals surface area contributed by atoms with Crippen molar-refractivity contribution in [1.82, 2.24) is 10.0 Å². The molecule has 0 saturated heterocycles. The smallest absolute Gasteiger partial charge is 0.243 e. The molecule has 110 valence electrons. The molecule has 1 aromatic carbocycles. The first-order valence-corrected chi connectivity index (χ1v) is 7.87. The molecule has 8 heteroatoms. The number of hydrogen-bond donors (Lipinski definition) is 2. The van der Waals surface area contributed by atoms with Gasteiger partial charge in [-0.1, -0.05) is 36.2 Å². The summed E-state index contributed by atoms with van der Waals surface area (Å²) in [6.45, 7) is 3.76. The molecular formula is C11H17Cl3N2O2S. The summed E-state index contributed by atoms with van der Waals surface area (Å²) in [6.07, 6.45) is 1.00. The Kier molecular flexibility index (Phi) is 8.98. The molecule has 0 unspecified atom stereocenters. The van der Waals surface area contributed by atoms with E-state index < -0.39 is 10.0 Å². The van der Waals surface area contributed by atoms with Crippen molar-refractivity contribution in [2.24, 2.45) is 0 Å². The number of hydrogen-bond acceptors (Lipinski definition) is 3. The summed E-state index contributed by atoms with van der Waals surface area (Å²) >= 11 is 11.7. The molecule has 0 aromatic heterocycles. The van der Waals surface area contributed by atoms with E-state index in [9.17, 15) is 8.42 Å². The number of sulfonamides is 1. The maximum absolute atomic E-state index is 12.0. The van der Waals surface area contributed by atoms with Crippen molar-refractivity contribution in [3.8, 4) is 0 Å². The SMILES string of the molecule is CCCNCCNS(=O)(=O)c1c(Cl)cccc1Cl.Cl. The number of rotatable bonds is 7. The summed E-state index contributed by atoms with van der Waals surface area (Å²) in [7, 11) is -3.66. The van der Waals surface area contributed by atoms with E-state index in [1.807, 2.05) is 6.92 Å². The molecule has 0 heterocycles. The number of benzene rings is 1. The second-order valence-electron chi connectivity index (χ2n) is 3.70. The van der Waals surface area contributed by atoms with Crippen molar-refractivity contribution in [3.63, 3.8) is 0 Å². The minimum atomic E-state index is -3.66. The summed E-state index contributed by atoms with van der Waals surface area (Å²) in [5, 5.41) is 3.34. The molecule has 0 atom stereocenters. The van der Waals surface area contributed by atoms with Crippen LogP contribution in [0, 0.1) is 0 Å². The normalized spacial score (nSPS) is 11.1. The maximum atomic E-state index is 12.0. The molecule has 0 saturated carbocycles. The molecular weight excluding hydrogens is 331 g/mol. The van der Waals surface area contributed by atoms with E-state index in [4.69, 9.17) is 23.2 Å². The quantitative estimate of drug-likeness (QED) is 0.746. The zero-order valence-electron chi connectivity index (χ0n) is 10.4. The van der Waals surface area contributed by atoms with Crippen LogP contribution in [0.15, 0.2) is 23.1 Å². The van der Waals surface area contributed by atoms with Crippen LogP contribution in [0.25, 0.3) is 0 Å². The third-order valence-corrected chi connectivity index (χ3v) is 4.62. The topological polar surface area (TPSA) is 58.2 Å². The second-order valence-corrected chi connectivity index (χ2v) is 6.22. The monoisotopic (exact) mass is 346 g/mol. The molecule has 0 spiro atoms. The van der Waals surface area contributed by atoms with Crippen molar-refractivity contribution in [2.45, 2.75) is 18.2 Å². The fraction of sp³-hybridized carbons (Fsp3) is 0.455. The van der Waals surface area contributed by atoms with Gasteiger partial charge in [-0.05, 0) is 25.1 Å². The fourth-order valence-corrected chi connectivity index (χ4v) is 3.56. The summed E-state index contributed by atoms with van der Waals surface area (Å²) in [6, 6.07) is 4.60. The van der Waals surface area contributed by atoms with E-state index in [1.165, 1.54) is 12.1 Å². The first-order valence-electron chi connectivity index (χ1n) is 5.63. The molecule has 1 aromatic rings. The predicted octanol–water partition coefficient (Wildman–Crippen LogP) is 2.69. The Hall–Kier alpha value is -0.0400. The number of halogens is 3. The van der Waals surface area contributed by atoms with Crippen molar-refractivity contribution < 1.29 is 8.42 Å². The maximum Gasteiger partial charge on any atom is 0.243 e. The van der Waals surface area contributed by atoms with E-state index >= 15 is 0 Å². The summed E-state index contributed by atoms with van der Waals surface area (Å²) in [4.78, 5) is -0.0659. The predicted molar refractivity (Wildman–Crippen MR) is 82.1 cm³/mol. The van der Waals surface area contributed by atoms with Gasteiger partial charge in [0.15, 0.2) is 0 Å². The Morgan fingerprint density at radius 3 is 2.21 bits per heavy atom. The van der Waals surface area contributed by atoms with Crippen LogP contribution < -0.4 is 10.0 Å². The lowest BCUT2D eigenvalue weighted by atomic mass is 10.4. The largest absolute Gasteiger partial charge is 0.315 e. The lowest BCUT2D eigenvalue weighted by Crippen LogP contribution is -2.32. The van der Waals surface area contributed by atoms with E-state index in [2.05, 4.69) is 10.0 Å². The molecule has 1 rings (SSSR count). The van der Waals surface area contributed by atoms with E-state index in [0.717, 1.165) is 13.0 Å². The van der Waals surface area contributed by atoms with Crippen molar-refractivity contribution >= 4 is 45.6 Å². The lowest BCUT2D eigenvalue weighted by molar-refractivity contribution is 0.575. The van der Waals surface area contributed by atoms with Gasteiger partial charge in [0.2, 0.25) is 10.0 Å². The average molecular weight is 348 g/mol. The molecule has 4 nitrogen and oxygen atoms in total. The van der Waals surface area contributed by atoms with Crippen LogP contribution in [-0.4, -0.2) is 28.1 Å². The molecule has 19 heavy (non-hydrogen) atoms. The molecule has 0 aliphatic heterocycles. The minimum absolute atomic E-state index is 0. The highest BCUT2D eigenvalue weighted by molar-refractivity contribution is 7.89. The van der Waals surface area contributed by atoms with Gasteiger partial charge in [-0.15, -0.1) is 12.4 Å². The van der Waals surface area contributed by atoms with Gasteiger partial charge in [0.1, 0.15) is 4.90 Å². The van der Waals surface area contributed by atoms with E-state index in [1.54, 1.807) is 6.07 Å². The van der Waals surface area contributed by atoms with Crippen LogP contribution >= 0.6 is 35.6 Å². The lowest BCUT2D eigenvalue weighted by Gasteiger charge is -2.10. The van der Waals surface area contributed by atoms with Crippen molar-refractivity contribution in [1.29, 1.82) is 0 Å². The number of nitrogens with one attached hydrogen (secondary N) is 2. The van der Waals surface area contributed by atoms with Crippen LogP contribution in [0.2, 0.25) is 10.0 Å². The molecule has 2 N–H and O–H groups in total. The minimum Gasteiger partial charge on any atom is -0.315 e. The van der Waals surface area contributed by atoms with Gasteiger partial charge < -0.3 is 5.32 Å². The Bertz CT molecular complexity index is 474. The Morgan fingerprint density at radius 1 is 1.11 bits per heavy atom. The third kappa shape index (κ3) is 5.85. The Labute approximate surface area is 130 Å². The zero-order chi connectivity index (χ0) is 13.6. The first-order chi connectivity index (χ1) is 8.49. The fourth-order valence-electron chi connectivity index (χ4n) is 1.39. The average Bonchev–Trinajstić information content (AvgIpc) is 2.28. The van der Waals surface area contributed by atoms with Crippen LogP contribution in [0.3, 0.4) is 0 Å². The Balaban J connectivity index is 0.00000324. The highest BCUT2D eigenvalue weighted by Gasteiger charge is 2.20. The van der Waals surface area contributed by atoms with Gasteiger partial charge in [-0.3, -0.25) is 0 Å². The Morgan fingerprint density at radius 2 is 1.68 bits per heavy atom. The van der Waals surface area contributed by atoms with Gasteiger partial charge in [0.25, 0.3) is 0 Å². The van der Waals surface area contributed by atoms with Gasteiger partial charge in [0, 0.05) is 13.1 Å². The van der Waals surface area contributed by atoms with E-state index in [0.29, 0.717) is 13.1 Å². The van der Waals surface area contributed by atoms with Gasteiger partial charge in [-0.2, -0.15) is 0 Å². The third-order valence-electron chi connectivity index (χ3n) is 2.21. The van der Waals surface area contributed by atoms with Crippen LogP contribution in [0.1, 0.15) is 13.3 Å². The molecule has 0 amide bonds. The molecule has 0 aliphatic rings. The van der Waals surface area contributed by atoms with Crippen LogP contribution in [-0.2, 0) is 10.0 Å². The summed E-state index contributed by atoms with van der Waals surface area (Å²) < 4.78 is 26.5. The van der Waals surface area contributed by atoms with Crippen molar-refractivity contribution in [3.05, 3.63) is 28.2 Å². The van der Waals surface area contributed by atoms with Gasteiger partial charge in [0.05, 0.1) is 10.0 Å². The van der Waals surface area contributed by atoms with Gasteiger partial charge >= 0.3 is 0 Å². The molecule has 0 radical (unpaired) electrons. The van der Waals surface area contributed by atoms with Crippen LogP contribution in [0.5, 0.6) is 0 Å². The zero-order valence-corrected chi connectivity index (χ0v) is 13.6.